The number of sulfone groups is 1. The second-order valence-corrected chi connectivity index (χ2v) is 9.62. The molecule has 2 aliphatic rings. The summed E-state index contributed by atoms with van der Waals surface area (Å²) in [6, 6.07) is 7.42. The molecule has 0 aliphatic carbocycles. The molecule has 8 heteroatoms. The molecule has 0 radical (unpaired) electrons. The number of hydrogen-bond donors (Lipinski definition) is 2. The fraction of sp³-hybridized carbons (Fsp3) is 0.588. The van der Waals surface area contributed by atoms with E-state index in [0.29, 0.717) is 6.42 Å². The highest BCUT2D eigenvalue weighted by atomic mass is 35.5. The van der Waals surface area contributed by atoms with E-state index in [2.05, 4.69) is 10.2 Å². The van der Waals surface area contributed by atoms with Crippen LogP contribution in [0.4, 0.5) is 5.69 Å². The standard InChI is InChI=1S/C17H24ClN3O3S/c1-13(17(22)19-15-5-10-25(23,24)12-15)20-6-8-21(9-7-20)16-4-2-3-14(18)11-16/h2-4,11,13,15H,5-10,12H2,1H3,(H,19,22)/p+1/t13-,15+/m0/s1. The van der Waals surface area contributed by atoms with Crippen LogP contribution in [0.15, 0.2) is 24.3 Å². The first-order valence-electron chi connectivity index (χ1n) is 8.70. The Labute approximate surface area is 154 Å². The summed E-state index contributed by atoms with van der Waals surface area (Å²) in [5.41, 5.74) is 1.11. The van der Waals surface area contributed by atoms with Crippen molar-refractivity contribution in [3.05, 3.63) is 29.3 Å². The minimum Gasteiger partial charge on any atom is -0.360 e. The van der Waals surface area contributed by atoms with E-state index in [1.54, 1.807) is 0 Å². The average molecular weight is 387 g/mol. The van der Waals surface area contributed by atoms with E-state index in [0.717, 1.165) is 36.9 Å². The average Bonchev–Trinajstić information content (AvgIpc) is 2.93. The van der Waals surface area contributed by atoms with Gasteiger partial charge < -0.3 is 15.1 Å². The number of amides is 1. The van der Waals surface area contributed by atoms with Gasteiger partial charge in [-0.15, -0.1) is 0 Å². The molecule has 1 aromatic rings. The van der Waals surface area contributed by atoms with Crippen LogP contribution in [0.1, 0.15) is 13.3 Å². The molecule has 2 N–H and O–H groups in total. The van der Waals surface area contributed by atoms with E-state index in [1.807, 2.05) is 31.2 Å². The van der Waals surface area contributed by atoms with E-state index >= 15 is 0 Å². The van der Waals surface area contributed by atoms with Gasteiger partial charge in [-0.25, -0.2) is 8.42 Å². The van der Waals surface area contributed by atoms with Crippen LogP contribution in [0.5, 0.6) is 0 Å². The Balaban J connectivity index is 1.51. The summed E-state index contributed by atoms with van der Waals surface area (Å²) in [7, 11) is -2.97. The molecule has 0 bridgehead atoms. The van der Waals surface area contributed by atoms with Crippen LogP contribution in [0, 0.1) is 0 Å². The number of carbonyl (C=O) groups excluding carboxylic acids is 1. The van der Waals surface area contributed by atoms with Gasteiger partial charge in [0.05, 0.1) is 37.7 Å². The zero-order valence-electron chi connectivity index (χ0n) is 14.4. The van der Waals surface area contributed by atoms with Crippen molar-refractivity contribution in [3.8, 4) is 0 Å². The predicted octanol–water partition coefficient (Wildman–Crippen LogP) is -0.263. The summed E-state index contributed by atoms with van der Waals surface area (Å²) >= 11 is 6.06. The Kier molecular flexibility index (Phi) is 5.55. The van der Waals surface area contributed by atoms with Crippen LogP contribution in [-0.4, -0.2) is 64.1 Å². The number of benzene rings is 1. The Hall–Kier alpha value is -1.31. The molecule has 6 nitrogen and oxygen atoms in total. The molecule has 138 valence electrons. The van der Waals surface area contributed by atoms with Crippen LogP contribution in [0.25, 0.3) is 0 Å². The fourth-order valence-corrected chi connectivity index (χ4v) is 5.44. The van der Waals surface area contributed by atoms with Crippen LogP contribution in [-0.2, 0) is 14.6 Å². The number of anilines is 1. The van der Waals surface area contributed by atoms with Gasteiger partial charge in [0.15, 0.2) is 15.9 Å². The van der Waals surface area contributed by atoms with Crippen LogP contribution >= 0.6 is 11.6 Å². The van der Waals surface area contributed by atoms with E-state index in [4.69, 9.17) is 11.6 Å². The number of quaternary nitrogens is 1. The summed E-state index contributed by atoms with van der Waals surface area (Å²) in [4.78, 5) is 16.0. The van der Waals surface area contributed by atoms with Gasteiger partial charge in [-0.2, -0.15) is 0 Å². The lowest BCUT2D eigenvalue weighted by atomic mass is 10.1. The predicted molar refractivity (Wildman–Crippen MR) is 99.0 cm³/mol. The van der Waals surface area contributed by atoms with Crippen molar-refractivity contribution >= 4 is 33.0 Å². The molecule has 2 atom stereocenters. The lowest BCUT2D eigenvalue weighted by Gasteiger charge is -2.36. The Morgan fingerprint density at radius 1 is 1.36 bits per heavy atom. The van der Waals surface area contributed by atoms with Crippen LogP contribution in [0.3, 0.4) is 0 Å². The first-order chi connectivity index (χ1) is 11.8. The third-order valence-electron chi connectivity index (χ3n) is 5.16. The minimum atomic E-state index is -2.97. The van der Waals surface area contributed by atoms with Crippen molar-refractivity contribution in [1.82, 2.24) is 5.32 Å². The molecule has 0 saturated carbocycles. The van der Waals surface area contributed by atoms with E-state index in [9.17, 15) is 13.2 Å². The molecule has 0 spiro atoms. The van der Waals surface area contributed by atoms with Gasteiger partial charge in [0, 0.05) is 16.8 Å². The first-order valence-corrected chi connectivity index (χ1v) is 10.9. The molecule has 2 aliphatic heterocycles. The van der Waals surface area contributed by atoms with Crippen molar-refractivity contribution in [1.29, 1.82) is 0 Å². The maximum Gasteiger partial charge on any atom is 0.278 e. The van der Waals surface area contributed by atoms with Gasteiger partial charge in [-0.05, 0) is 31.5 Å². The third kappa shape index (κ3) is 4.65. The Morgan fingerprint density at radius 3 is 2.68 bits per heavy atom. The van der Waals surface area contributed by atoms with Crippen LogP contribution in [0.2, 0.25) is 5.02 Å². The highest BCUT2D eigenvalue weighted by Crippen LogP contribution is 2.19. The van der Waals surface area contributed by atoms with Crippen molar-refractivity contribution in [2.45, 2.75) is 25.4 Å². The summed E-state index contributed by atoms with van der Waals surface area (Å²) in [5, 5.41) is 3.64. The third-order valence-corrected chi connectivity index (χ3v) is 7.17. The Bertz CT molecular complexity index is 732. The van der Waals surface area contributed by atoms with Crippen molar-refractivity contribution in [2.24, 2.45) is 0 Å². The summed E-state index contributed by atoms with van der Waals surface area (Å²) in [6.45, 7) is 5.38. The number of carbonyl (C=O) groups is 1. The smallest absolute Gasteiger partial charge is 0.278 e. The highest BCUT2D eigenvalue weighted by Gasteiger charge is 2.33. The van der Waals surface area contributed by atoms with E-state index in [1.165, 1.54) is 4.90 Å². The molecule has 0 unspecified atom stereocenters. The molecular weight excluding hydrogens is 362 g/mol. The number of hydrogen-bond acceptors (Lipinski definition) is 4. The number of piperazine rings is 1. The van der Waals surface area contributed by atoms with E-state index in [-0.39, 0.29) is 29.5 Å². The first kappa shape index (κ1) is 18.5. The molecule has 0 aromatic heterocycles. The Morgan fingerprint density at radius 2 is 2.08 bits per heavy atom. The molecule has 1 aromatic carbocycles. The molecule has 3 rings (SSSR count). The minimum absolute atomic E-state index is 0.0479. The molecule has 1 amide bonds. The largest absolute Gasteiger partial charge is 0.360 e. The summed E-state index contributed by atoms with van der Waals surface area (Å²) in [6.07, 6.45) is 0.526. The fourth-order valence-electron chi connectivity index (χ4n) is 3.58. The molecule has 2 saturated heterocycles. The van der Waals surface area contributed by atoms with Gasteiger partial charge >= 0.3 is 0 Å². The molecular formula is C17H25ClN3O3S+. The zero-order chi connectivity index (χ0) is 18.0. The number of nitrogens with zero attached hydrogens (tertiary/aromatic N) is 1. The molecule has 25 heavy (non-hydrogen) atoms. The van der Waals surface area contributed by atoms with E-state index < -0.39 is 9.84 Å². The van der Waals surface area contributed by atoms with Gasteiger partial charge in [-0.3, -0.25) is 4.79 Å². The second kappa shape index (κ2) is 7.51. The lowest BCUT2D eigenvalue weighted by molar-refractivity contribution is -0.914. The van der Waals surface area contributed by atoms with Crippen molar-refractivity contribution in [3.63, 3.8) is 0 Å². The van der Waals surface area contributed by atoms with Crippen molar-refractivity contribution < 1.29 is 18.1 Å². The van der Waals surface area contributed by atoms with Crippen LogP contribution < -0.4 is 15.1 Å². The maximum absolute atomic E-state index is 12.4. The number of halogens is 1. The summed E-state index contributed by atoms with van der Waals surface area (Å²) in [5.74, 6) is 0.203. The van der Waals surface area contributed by atoms with Gasteiger partial charge in [0.1, 0.15) is 0 Å². The zero-order valence-corrected chi connectivity index (χ0v) is 15.9. The van der Waals surface area contributed by atoms with Gasteiger partial charge in [-0.1, -0.05) is 17.7 Å². The van der Waals surface area contributed by atoms with Crippen molar-refractivity contribution in [2.75, 3.05) is 42.6 Å². The lowest BCUT2D eigenvalue weighted by Crippen LogP contribution is -3.19. The van der Waals surface area contributed by atoms with Gasteiger partial charge in [0.2, 0.25) is 0 Å². The summed E-state index contributed by atoms with van der Waals surface area (Å²) < 4.78 is 23.0. The highest BCUT2D eigenvalue weighted by molar-refractivity contribution is 7.91. The van der Waals surface area contributed by atoms with Gasteiger partial charge in [0.25, 0.3) is 5.91 Å². The normalized spacial score (nSPS) is 24.9. The topological polar surface area (TPSA) is 70.9 Å². The second-order valence-electron chi connectivity index (χ2n) is 6.96. The quantitative estimate of drug-likeness (QED) is 0.747. The molecule has 2 fully saturated rings. The molecule has 2 heterocycles. The number of nitrogens with one attached hydrogen (secondary N) is 2. The number of rotatable bonds is 4. The maximum atomic E-state index is 12.4. The monoisotopic (exact) mass is 386 g/mol. The SMILES string of the molecule is C[C@@H](C(=O)N[C@@H]1CCS(=O)(=O)C1)[NH+]1CCN(c2cccc(Cl)c2)CC1.